The molecule has 0 heterocycles. The molecule has 0 aromatic rings. The van der Waals surface area contributed by atoms with Crippen LogP contribution in [0.15, 0.2) is 24.3 Å². The second-order valence-electron chi connectivity index (χ2n) is 13.7. The van der Waals surface area contributed by atoms with Crippen LogP contribution in [0, 0.1) is 0 Å². The smallest absolute Gasteiger partial charge is 0.0478 e. The largest absolute Gasteiger partial charge is 0.381 e. The number of ether oxygens (including phenoxy) is 1. The first-order chi connectivity index (χ1) is 22.4. The van der Waals surface area contributed by atoms with E-state index in [4.69, 9.17) is 4.74 Å². The molecule has 268 valence electrons. The predicted molar refractivity (Wildman–Crippen MR) is 205 cm³/mol. The fourth-order valence-corrected chi connectivity index (χ4v) is 5.95. The summed E-state index contributed by atoms with van der Waals surface area (Å²) in [7, 11) is 0. The van der Waals surface area contributed by atoms with Crippen molar-refractivity contribution < 1.29 is 4.74 Å². The minimum atomic E-state index is 0.898. The number of rotatable bonds is 40. The maximum Gasteiger partial charge on any atom is 0.0478 e. The summed E-state index contributed by atoms with van der Waals surface area (Å²) in [6.45, 7) is 10.9. The van der Waals surface area contributed by atoms with Crippen molar-refractivity contribution >= 4 is 0 Å². The second-order valence-corrected chi connectivity index (χ2v) is 13.7. The van der Waals surface area contributed by atoms with Crippen LogP contribution < -0.4 is 10.6 Å². The Morgan fingerprint density at radius 1 is 0.311 bits per heavy atom. The number of hydrogen-bond donors (Lipinski definition) is 2. The van der Waals surface area contributed by atoms with Gasteiger partial charge < -0.3 is 15.4 Å². The van der Waals surface area contributed by atoms with Crippen molar-refractivity contribution in [1.29, 1.82) is 0 Å². The molecule has 0 aliphatic carbocycles. The molecule has 0 unspecified atom stereocenters. The van der Waals surface area contributed by atoms with Gasteiger partial charge in [-0.05, 0) is 103 Å². The van der Waals surface area contributed by atoms with Gasteiger partial charge in [-0.1, -0.05) is 154 Å². The van der Waals surface area contributed by atoms with Gasteiger partial charge in [-0.3, -0.25) is 0 Å². The fraction of sp³-hybridized carbons (Fsp3) is 0.905. The maximum atomic E-state index is 5.82. The van der Waals surface area contributed by atoms with Crippen molar-refractivity contribution in [2.24, 2.45) is 0 Å². The molecular formula is C42H84N2O. The van der Waals surface area contributed by atoms with Crippen molar-refractivity contribution in [3.8, 4) is 0 Å². The van der Waals surface area contributed by atoms with Gasteiger partial charge in [0.25, 0.3) is 0 Å². The molecular weight excluding hydrogens is 548 g/mol. The fourth-order valence-electron chi connectivity index (χ4n) is 5.95. The van der Waals surface area contributed by atoms with Crippen LogP contribution in [0.2, 0.25) is 0 Å². The third-order valence-electron chi connectivity index (χ3n) is 9.02. The highest BCUT2D eigenvalue weighted by Gasteiger charge is 1.95. The molecule has 0 radical (unpaired) electrons. The van der Waals surface area contributed by atoms with Gasteiger partial charge in [-0.25, -0.2) is 0 Å². The molecule has 0 amide bonds. The number of hydrogen-bond acceptors (Lipinski definition) is 3. The van der Waals surface area contributed by atoms with Gasteiger partial charge in [0.1, 0.15) is 0 Å². The molecule has 0 saturated heterocycles. The van der Waals surface area contributed by atoms with Crippen LogP contribution in [0.3, 0.4) is 0 Å². The first-order valence-electron chi connectivity index (χ1n) is 20.7. The molecule has 0 aromatic heterocycles. The molecule has 45 heavy (non-hydrogen) atoms. The summed E-state index contributed by atoms with van der Waals surface area (Å²) in [4.78, 5) is 0. The van der Waals surface area contributed by atoms with Gasteiger partial charge in [-0.15, -0.1) is 0 Å². The van der Waals surface area contributed by atoms with Crippen LogP contribution in [0.1, 0.15) is 206 Å². The lowest BCUT2D eigenvalue weighted by molar-refractivity contribution is 0.129. The molecule has 3 nitrogen and oxygen atoms in total. The Labute approximate surface area is 285 Å². The van der Waals surface area contributed by atoms with Crippen LogP contribution in [-0.2, 0) is 4.74 Å². The van der Waals surface area contributed by atoms with Crippen LogP contribution in [-0.4, -0.2) is 39.4 Å². The molecule has 3 heteroatoms. The van der Waals surface area contributed by atoms with Crippen molar-refractivity contribution in [1.82, 2.24) is 10.6 Å². The first-order valence-corrected chi connectivity index (χ1v) is 20.7. The number of unbranched alkanes of at least 4 members (excludes halogenated alkanes) is 24. The molecule has 0 atom stereocenters. The Morgan fingerprint density at radius 3 is 0.911 bits per heavy atom. The molecule has 0 bridgehead atoms. The maximum absolute atomic E-state index is 5.82. The first kappa shape index (κ1) is 44.4. The Balaban J connectivity index is 3.09. The summed E-state index contributed by atoms with van der Waals surface area (Å²) < 4.78 is 5.82. The molecule has 0 saturated carbocycles. The predicted octanol–water partition coefficient (Wildman–Crippen LogP) is 13.0. The Bertz CT molecular complexity index is 513. The quantitative estimate of drug-likeness (QED) is 0.0521. The molecule has 0 rings (SSSR count). The van der Waals surface area contributed by atoms with Gasteiger partial charge in [0.05, 0.1) is 0 Å². The lowest BCUT2D eigenvalue weighted by Gasteiger charge is -2.07. The van der Waals surface area contributed by atoms with Crippen LogP contribution in [0.5, 0.6) is 0 Å². The average molecular weight is 633 g/mol. The van der Waals surface area contributed by atoms with Crippen molar-refractivity contribution in [3.63, 3.8) is 0 Å². The molecule has 0 spiro atoms. The highest BCUT2D eigenvalue weighted by atomic mass is 16.5. The van der Waals surface area contributed by atoms with Gasteiger partial charge in [-0.2, -0.15) is 0 Å². The second kappa shape index (κ2) is 43.4. The minimum absolute atomic E-state index is 0.898. The lowest BCUT2D eigenvalue weighted by Crippen LogP contribution is -2.19. The molecule has 0 aliphatic rings. The zero-order valence-electron chi connectivity index (χ0n) is 31.2. The van der Waals surface area contributed by atoms with Crippen LogP contribution in [0.4, 0.5) is 0 Å². The lowest BCUT2D eigenvalue weighted by atomic mass is 10.1. The number of allylic oxidation sites excluding steroid dienone is 4. The van der Waals surface area contributed by atoms with Crippen molar-refractivity contribution in [2.45, 2.75) is 206 Å². The molecule has 0 fully saturated rings. The monoisotopic (exact) mass is 633 g/mol. The third kappa shape index (κ3) is 43.4. The van der Waals surface area contributed by atoms with Gasteiger partial charge >= 0.3 is 0 Å². The van der Waals surface area contributed by atoms with E-state index in [1.165, 1.54) is 193 Å². The Hall–Kier alpha value is -0.640. The molecule has 2 N–H and O–H groups in total. The van der Waals surface area contributed by atoms with E-state index in [0.29, 0.717) is 0 Å². The SMILES string of the molecule is CCCCCCCCC=CCCCCCCCCNCCCOCCCNCCCCCCCCC=CCCCCCCCC. The molecule has 0 aromatic carbocycles. The standard InChI is InChI=1S/C42H84N2O/c1-3-5-7-9-11-13-15-17-19-21-23-25-27-29-31-33-37-43-39-35-41-45-42-36-40-44-38-34-32-30-28-26-24-22-20-18-16-14-12-10-8-6-4-2/h17-20,43-44H,3-16,21-42H2,1-2H3. The third-order valence-corrected chi connectivity index (χ3v) is 9.02. The van der Waals surface area contributed by atoms with Crippen LogP contribution >= 0.6 is 0 Å². The topological polar surface area (TPSA) is 33.3 Å². The summed E-state index contributed by atoms with van der Waals surface area (Å²) in [6.07, 6.45) is 50.6. The Morgan fingerprint density at radius 2 is 0.578 bits per heavy atom. The molecule has 0 aliphatic heterocycles. The zero-order valence-corrected chi connectivity index (χ0v) is 31.2. The van der Waals surface area contributed by atoms with E-state index in [0.717, 1.165) is 39.1 Å². The van der Waals surface area contributed by atoms with E-state index in [2.05, 4.69) is 48.8 Å². The summed E-state index contributed by atoms with van der Waals surface area (Å²) >= 11 is 0. The van der Waals surface area contributed by atoms with E-state index in [1.807, 2.05) is 0 Å². The summed E-state index contributed by atoms with van der Waals surface area (Å²) in [5.74, 6) is 0. The van der Waals surface area contributed by atoms with Crippen molar-refractivity contribution in [2.75, 3.05) is 39.4 Å². The van der Waals surface area contributed by atoms with Crippen molar-refractivity contribution in [3.05, 3.63) is 24.3 Å². The van der Waals surface area contributed by atoms with E-state index in [9.17, 15) is 0 Å². The van der Waals surface area contributed by atoms with Gasteiger partial charge in [0, 0.05) is 13.2 Å². The van der Waals surface area contributed by atoms with Crippen LogP contribution in [0.25, 0.3) is 0 Å². The van der Waals surface area contributed by atoms with E-state index in [-0.39, 0.29) is 0 Å². The normalized spacial score (nSPS) is 12.0. The number of nitrogens with one attached hydrogen (secondary N) is 2. The highest BCUT2D eigenvalue weighted by Crippen LogP contribution is 2.11. The van der Waals surface area contributed by atoms with E-state index < -0.39 is 0 Å². The summed E-state index contributed by atoms with van der Waals surface area (Å²) in [5.41, 5.74) is 0. The van der Waals surface area contributed by atoms with Gasteiger partial charge in [0.15, 0.2) is 0 Å². The highest BCUT2D eigenvalue weighted by molar-refractivity contribution is 4.82. The average Bonchev–Trinajstić information content (AvgIpc) is 3.05. The van der Waals surface area contributed by atoms with E-state index in [1.54, 1.807) is 0 Å². The minimum Gasteiger partial charge on any atom is -0.381 e. The summed E-state index contributed by atoms with van der Waals surface area (Å²) in [5, 5.41) is 7.19. The zero-order chi connectivity index (χ0) is 32.4. The van der Waals surface area contributed by atoms with Gasteiger partial charge in [0.2, 0.25) is 0 Å². The Kier molecular flexibility index (Phi) is 42.7. The van der Waals surface area contributed by atoms with E-state index >= 15 is 0 Å². The summed E-state index contributed by atoms with van der Waals surface area (Å²) in [6, 6.07) is 0.